The van der Waals surface area contributed by atoms with E-state index in [9.17, 15) is 4.79 Å². The third-order valence-corrected chi connectivity index (χ3v) is 4.14. The van der Waals surface area contributed by atoms with Gasteiger partial charge >= 0.3 is 5.97 Å². The number of hydrogen-bond acceptors (Lipinski definition) is 4. The van der Waals surface area contributed by atoms with E-state index in [2.05, 4.69) is 6.92 Å². The minimum atomic E-state index is -0.128. The second-order valence-corrected chi connectivity index (χ2v) is 5.79. The second-order valence-electron chi connectivity index (χ2n) is 5.79. The number of rotatable bonds is 7. The van der Waals surface area contributed by atoms with Gasteiger partial charge in [0.05, 0.1) is 19.1 Å². The number of benzene rings is 1. The summed E-state index contributed by atoms with van der Waals surface area (Å²) in [5.74, 6) is 1.20. The van der Waals surface area contributed by atoms with Crippen molar-refractivity contribution < 1.29 is 19.0 Å². The van der Waals surface area contributed by atoms with Crippen LogP contribution in [0.25, 0.3) is 0 Å². The molecule has 4 heteroatoms. The average molecular weight is 306 g/mol. The van der Waals surface area contributed by atoms with Crippen molar-refractivity contribution in [3.8, 4) is 11.5 Å². The Morgan fingerprint density at radius 3 is 2.32 bits per heavy atom. The van der Waals surface area contributed by atoms with Crippen molar-refractivity contribution in [3.63, 3.8) is 0 Å². The van der Waals surface area contributed by atoms with E-state index >= 15 is 0 Å². The Morgan fingerprint density at radius 1 is 1.09 bits per heavy atom. The van der Waals surface area contributed by atoms with Gasteiger partial charge in [-0.25, -0.2) is 0 Å². The molecular weight excluding hydrogens is 280 g/mol. The van der Waals surface area contributed by atoms with Crippen molar-refractivity contribution in [3.05, 3.63) is 24.3 Å². The van der Waals surface area contributed by atoms with Gasteiger partial charge in [0.1, 0.15) is 11.5 Å². The van der Waals surface area contributed by atoms with Crippen LogP contribution in [-0.2, 0) is 9.53 Å². The molecule has 0 unspecified atom stereocenters. The zero-order chi connectivity index (χ0) is 15.8. The van der Waals surface area contributed by atoms with Gasteiger partial charge in [0, 0.05) is 6.61 Å². The largest absolute Gasteiger partial charge is 0.497 e. The molecule has 0 spiro atoms. The first-order chi connectivity index (χ1) is 10.7. The number of carbonyl (C=O) groups excluding carboxylic acids is 1. The molecule has 0 aromatic heterocycles. The quantitative estimate of drug-likeness (QED) is 0.434. The maximum Gasteiger partial charge on any atom is 0.314 e. The Kier molecular flexibility index (Phi) is 6.72. The van der Waals surface area contributed by atoms with Crippen LogP contribution in [0.5, 0.6) is 11.5 Å². The third-order valence-electron chi connectivity index (χ3n) is 4.14. The Labute approximate surface area is 132 Å². The van der Waals surface area contributed by atoms with Gasteiger partial charge in [-0.3, -0.25) is 4.79 Å². The molecule has 0 radical (unpaired) electrons. The predicted molar refractivity (Wildman–Crippen MR) is 85.2 cm³/mol. The molecule has 0 amide bonds. The Hall–Kier alpha value is -1.55. The molecule has 22 heavy (non-hydrogen) atoms. The fourth-order valence-corrected chi connectivity index (χ4v) is 2.70. The second kappa shape index (κ2) is 8.79. The molecule has 122 valence electrons. The van der Waals surface area contributed by atoms with Gasteiger partial charge in [0.15, 0.2) is 0 Å². The molecule has 0 heterocycles. The van der Waals surface area contributed by atoms with Crippen LogP contribution >= 0.6 is 0 Å². The van der Waals surface area contributed by atoms with Crippen LogP contribution in [0.4, 0.5) is 0 Å². The number of hydrogen-bond donors (Lipinski definition) is 0. The van der Waals surface area contributed by atoms with Crippen molar-refractivity contribution in [1.29, 1.82) is 0 Å². The fourth-order valence-electron chi connectivity index (χ4n) is 2.70. The van der Waals surface area contributed by atoms with E-state index < -0.39 is 0 Å². The number of unbranched alkanes of at least 4 members (excludes halogenated alkanes) is 1. The van der Waals surface area contributed by atoms with E-state index in [0.29, 0.717) is 11.9 Å². The summed E-state index contributed by atoms with van der Waals surface area (Å²) in [5, 5.41) is 0. The maximum atomic E-state index is 12.2. The molecule has 0 aliphatic heterocycles. The van der Waals surface area contributed by atoms with Gasteiger partial charge in [0.25, 0.3) is 0 Å². The standard InChI is InChI=1S/C18H26O4/c1-3-4-13-21-16-7-5-14(6-8-16)18(19)22-17-11-9-15(20-2)10-12-17/h9-12,14,16H,3-8,13H2,1-2H3. The van der Waals surface area contributed by atoms with Crippen molar-refractivity contribution in [2.75, 3.05) is 13.7 Å². The number of methoxy groups -OCH3 is 1. The van der Waals surface area contributed by atoms with Gasteiger partial charge in [-0.05, 0) is 56.4 Å². The third kappa shape index (κ3) is 5.02. The van der Waals surface area contributed by atoms with Gasteiger partial charge in [-0.15, -0.1) is 0 Å². The molecule has 2 rings (SSSR count). The first-order valence-electron chi connectivity index (χ1n) is 8.20. The summed E-state index contributed by atoms with van der Waals surface area (Å²) in [6.45, 7) is 3.00. The number of esters is 1. The highest BCUT2D eigenvalue weighted by Crippen LogP contribution is 2.28. The summed E-state index contributed by atoms with van der Waals surface area (Å²) >= 11 is 0. The van der Waals surface area contributed by atoms with Crippen LogP contribution in [0.3, 0.4) is 0 Å². The first kappa shape index (κ1) is 16.8. The van der Waals surface area contributed by atoms with Gasteiger partial charge in [0.2, 0.25) is 0 Å². The van der Waals surface area contributed by atoms with Crippen LogP contribution < -0.4 is 9.47 Å². The lowest BCUT2D eigenvalue weighted by Crippen LogP contribution is -2.29. The smallest absolute Gasteiger partial charge is 0.314 e. The fraction of sp³-hybridized carbons (Fsp3) is 0.611. The molecule has 1 fully saturated rings. The highest BCUT2D eigenvalue weighted by molar-refractivity contribution is 5.75. The van der Waals surface area contributed by atoms with Crippen LogP contribution in [0, 0.1) is 5.92 Å². The Balaban J connectivity index is 1.74. The van der Waals surface area contributed by atoms with Crippen LogP contribution in [0.1, 0.15) is 45.4 Å². The highest BCUT2D eigenvalue weighted by atomic mass is 16.5. The predicted octanol–water partition coefficient (Wildman–Crippen LogP) is 3.98. The van der Waals surface area contributed by atoms with E-state index in [1.54, 1.807) is 31.4 Å². The highest BCUT2D eigenvalue weighted by Gasteiger charge is 2.28. The SMILES string of the molecule is CCCCOC1CCC(C(=O)Oc2ccc(OC)cc2)CC1. The summed E-state index contributed by atoms with van der Waals surface area (Å²) in [4.78, 5) is 12.2. The molecular formula is C18H26O4. The van der Waals surface area contributed by atoms with Crippen LogP contribution in [0.2, 0.25) is 0 Å². The van der Waals surface area contributed by atoms with Crippen molar-refractivity contribution in [2.45, 2.75) is 51.6 Å². The van der Waals surface area contributed by atoms with E-state index in [0.717, 1.165) is 50.9 Å². The van der Waals surface area contributed by atoms with E-state index in [4.69, 9.17) is 14.2 Å². The summed E-state index contributed by atoms with van der Waals surface area (Å²) in [6.07, 6.45) is 6.19. The lowest BCUT2D eigenvalue weighted by molar-refractivity contribution is -0.141. The lowest BCUT2D eigenvalue weighted by Gasteiger charge is -2.27. The Morgan fingerprint density at radius 2 is 1.73 bits per heavy atom. The summed E-state index contributed by atoms with van der Waals surface area (Å²) < 4.78 is 16.4. The molecule has 0 N–H and O–H groups in total. The normalized spacial score (nSPS) is 21.4. The molecule has 1 saturated carbocycles. The van der Waals surface area contributed by atoms with E-state index in [-0.39, 0.29) is 11.9 Å². The molecule has 1 aliphatic carbocycles. The molecule has 4 nitrogen and oxygen atoms in total. The monoisotopic (exact) mass is 306 g/mol. The zero-order valence-corrected chi connectivity index (χ0v) is 13.5. The maximum absolute atomic E-state index is 12.2. The van der Waals surface area contributed by atoms with E-state index in [1.807, 2.05) is 0 Å². The molecule has 0 bridgehead atoms. The minimum absolute atomic E-state index is 0.00636. The summed E-state index contributed by atoms with van der Waals surface area (Å²) in [5.41, 5.74) is 0. The molecule has 1 aliphatic rings. The first-order valence-corrected chi connectivity index (χ1v) is 8.20. The molecule has 0 saturated heterocycles. The summed E-state index contributed by atoms with van der Waals surface area (Å²) in [7, 11) is 1.61. The van der Waals surface area contributed by atoms with Crippen LogP contribution in [-0.4, -0.2) is 25.8 Å². The zero-order valence-electron chi connectivity index (χ0n) is 13.5. The van der Waals surface area contributed by atoms with Crippen molar-refractivity contribution >= 4 is 5.97 Å². The minimum Gasteiger partial charge on any atom is -0.497 e. The van der Waals surface area contributed by atoms with E-state index in [1.165, 1.54) is 0 Å². The Bertz CT molecular complexity index is 447. The molecule has 1 aromatic carbocycles. The lowest BCUT2D eigenvalue weighted by atomic mass is 9.87. The van der Waals surface area contributed by atoms with Crippen LogP contribution in [0.15, 0.2) is 24.3 Å². The van der Waals surface area contributed by atoms with Gasteiger partial charge < -0.3 is 14.2 Å². The van der Waals surface area contributed by atoms with Gasteiger partial charge in [-0.1, -0.05) is 13.3 Å². The number of ether oxygens (including phenoxy) is 3. The van der Waals surface area contributed by atoms with Crippen molar-refractivity contribution in [2.24, 2.45) is 5.92 Å². The topological polar surface area (TPSA) is 44.8 Å². The number of carbonyl (C=O) groups is 1. The van der Waals surface area contributed by atoms with Gasteiger partial charge in [-0.2, -0.15) is 0 Å². The molecule has 1 aromatic rings. The average Bonchev–Trinajstić information content (AvgIpc) is 2.56. The van der Waals surface area contributed by atoms with Crippen molar-refractivity contribution in [1.82, 2.24) is 0 Å². The molecule has 0 atom stereocenters. The summed E-state index contributed by atoms with van der Waals surface area (Å²) in [6, 6.07) is 7.11.